The van der Waals surface area contributed by atoms with Gasteiger partial charge in [0, 0.05) is 25.0 Å². The van der Waals surface area contributed by atoms with Crippen LogP contribution in [0.1, 0.15) is 78.2 Å². The van der Waals surface area contributed by atoms with E-state index in [0.29, 0.717) is 23.8 Å². The number of aliphatic hydroxyl groups is 1. The molecule has 0 radical (unpaired) electrons. The van der Waals surface area contributed by atoms with E-state index in [1.807, 2.05) is 6.07 Å². The molecule has 0 spiro atoms. The van der Waals surface area contributed by atoms with Gasteiger partial charge in [-0.2, -0.15) is 0 Å². The molecule has 0 amide bonds. The van der Waals surface area contributed by atoms with E-state index in [1.165, 1.54) is 11.1 Å². The molecule has 222 valence electrons. The summed E-state index contributed by atoms with van der Waals surface area (Å²) in [5, 5.41) is 10.6. The molecule has 0 saturated carbocycles. The number of likely N-dealkylation sites (tertiary alicyclic amines) is 1. The lowest BCUT2D eigenvalue weighted by Gasteiger charge is -2.44. The van der Waals surface area contributed by atoms with Crippen LogP contribution in [0.25, 0.3) is 0 Å². The molecule has 7 atom stereocenters. The fraction of sp³-hybridized carbons (Fsp3) is 0.676. The molecule has 1 fully saturated rings. The van der Waals surface area contributed by atoms with Crippen molar-refractivity contribution >= 4 is 5.97 Å². The number of fused-ring (bicyclic) bond motifs is 1. The molecular formula is C34H51NO5. The van der Waals surface area contributed by atoms with Crippen LogP contribution >= 0.6 is 0 Å². The molecule has 1 saturated heterocycles. The third-order valence-corrected chi connectivity index (χ3v) is 9.66. The van der Waals surface area contributed by atoms with E-state index in [9.17, 15) is 9.90 Å². The smallest absolute Gasteiger partial charge is 0.309 e. The summed E-state index contributed by atoms with van der Waals surface area (Å²) in [6.07, 6.45) is 12.9. The SMILES string of the molecule is CCC(CC)C(=O)O[C@H]1C[C@@H](C)C=C2C=C[C@H](C)[C@H](CC[C@@H]3C[C@@H](O)CCN3Cc3ccc(OC)c(OC)c3)C21. The van der Waals surface area contributed by atoms with Gasteiger partial charge in [-0.25, -0.2) is 0 Å². The highest BCUT2D eigenvalue weighted by Gasteiger charge is 2.42. The molecule has 1 aromatic rings. The molecule has 1 heterocycles. The largest absolute Gasteiger partial charge is 0.493 e. The Hall–Kier alpha value is -2.31. The number of carbonyl (C=O) groups excluding carboxylic acids is 1. The first-order valence-corrected chi connectivity index (χ1v) is 15.5. The number of aliphatic hydroxyl groups excluding tert-OH is 1. The maximum Gasteiger partial charge on any atom is 0.309 e. The summed E-state index contributed by atoms with van der Waals surface area (Å²) in [6, 6.07) is 6.44. The summed E-state index contributed by atoms with van der Waals surface area (Å²) in [6.45, 7) is 10.4. The Balaban J connectivity index is 1.50. The van der Waals surface area contributed by atoms with Gasteiger partial charge < -0.3 is 19.3 Å². The van der Waals surface area contributed by atoms with Gasteiger partial charge in [-0.3, -0.25) is 9.69 Å². The fourth-order valence-electron chi connectivity index (χ4n) is 7.27. The molecule has 1 unspecified atom stereocenters. The number of rotatable bonds is 11. The molecule has 3 aliphatic rings. The first kappa shape index (κ1) is 30.6. The van der Waals surface area contributed by atoms with E-state index >= 15 is 0 Å². The van der Waals surface area contributed by atoms with Crippen LogP contribution in [0.3, 0.4) is 0 Å². The Bertz CT molecular complexity index is 1050. The Morgan fingerprint density at radius 3 is 2.52 bits per heavy atom. The number of hydrogen-bond acceptors (Lipinski definition) is 6. The van der Waals surface area contributed by atoms with E-state index in [0.717, 1.165) is 69.5 Å². The molecule has 0 aromatic heterocycles. The van der Waals surface area contributed by atoms with Crippen molar-refractivity contribution in [2.45, 2.75) is 97.4 Å². The van der Waals surface area contributed by atoms with E-state index in [1.54, 1.807) is 14.2 Å². The predicted molar refractivity (Wildman–Crippen MR) is 159 cm³/mol. The second-order valence-corrected chi connectivity index (χ2v) is 12.3. The second kappa shape index (κ2) is 14.0. The number of carbonyl (C=O) groups is 1. The summed E-state index contributed by atoms with van der Waals surface area (Å²) in [5.74, 6) is 2.90. The minimum Gasteiger partial charge on any atom is -0.493 e. The van der Waals surface area contributed by atoms with Crippen LogP contribution in [-0.2, 0) is 16.1 Å². The van der Waals surface area contributed by atoms with Crippen molar-refractivity contribution in [2.75, 3.05) is 20.8 Å². The number of hydrogen-bond donors (Lipinski definition) is 1. The maximum atomic E-state index is 13.1. The van der Waals surface area contributed by atoms with E-state index < -0.39 is 0 Å². The van der Waals surface area contributed by atoms with Gasteiger partial charge >= 0.3 is 5.97 Å². The highest BCUT2D eigenvalue weighted by molar-refractivity contribution is 5.72. The zero-order valence-electron chi connectivity index (χ0n) is 25.5. The summed E-state index contributed by atoms with van der Waals surface area (Å²) in [7, 11) is 3.33. The summed E-state index contributed by atoms with van der Waals surface area (Å²) in [5.41, 5.74) is 2.53. The number of esters is 1. The molecular weight excluding hydrogens is 502 g/mol. The minimum absolute atomic E-state index is 0.0199. The van der Waals surface area contributed by atoms with Crippen molar-refractivity contribution in [3.8, 4) is 11.5 Å². The maximum absolute atomic E-state index is 13.1. The quantitative estimate of drug-likeness (QED) is 0.313. The molecule has 1 aliphatic heterocycles. The number of allylic oxidation sites excluding steroid dienone is 3. The average Bonchev–Trinajstić information content (AvgIpc) is 2.94. The number of methoxy groups -OCH3 is 2. The first-order chi connectivity index (χ1) is 19.3. The van der Waals surface area contributed by atoms with Gasteiger partial charge in [-0.15, -0.1) is 0 Å². The lowest BCUT2D eigenvalue weighted by Crippen LogP contribution is -2.45. The van der Waals surface area contributed by atoms with Gasteiger partial charge in [-0.1, -0.05) is 52.0 Å². The minimum atomic E-state index is -0.255. The van der Waals surface area contributed by atoms with Crippen molar-refractivity contribution in [1.82, 2.24) is 4.90 Å². The van der Waals surface area contributed by atoms with Crippen LogP contribution in [0.15, 0.2) is 42.0 Å². The molecule has 1 N–H and O–H groups in total. The van der Waals surface area contributed by atoms with E-state index in [2.05, 4.69) is 63.0 Å². The van der Waals surface area contributed by atoms with Gasteiger partial charge in [0.1, 0.15) is 6.10 Å². The molecule has 6 nitrogen and oxygen atoms in total. The highest BCUT2D eigenvalue weighted by Crippen LogP contribution is 2.45. The van der Waals surface area contributed by atoms with Crippen molar-refractivity contribution in [3.05, 3.63) is 47.6 Å². The third-order valence-electron chi connectivity index (χ3n) is 9.66. The number of nitrogens with zero attached hydrogens (tertiary/aromatic N) is 1. The molecule has 2 aliphatic carbocycles. The highest BCUT2D eigenvalue weighted by atomic mass is 16.5. The first-order valence-electron chi connectivity index (χ1n) is 15.5. The summed E-state index contributed by atoms with van der Waals surface area (Å²) in [4.78, 5) is 15.6. The van der Waals surface area contributed by atoms with Crippen LogP contribution in [-0.4, -0.2) is 55.0 Å². The van der Waals surface area contributed by atoms with Gasteiger partial charge in [0.15, 0.2) is 11.5 Å². The number of benzene rings is 1. The third kappa shape index (κ3) is 7.12. The number of piperidine rings is 1. The van der Waals surface area contributed by atoms with Crippen molar-refractivity contribution in [2.24, 2.45) is 29.6 Å². The van der Waals surface area contributed by atoms with Crippen LogP contribution in [0.2, 0.25) is 0 Å². The topological polar surface area (TPSA) is 68.2 Å². The second-order valence-electron chi connectivity index (χ2n) is 12.3. The average molecular weight is 554 g/mol. The zero-order valence-corrected chi connectivity index (χ0v) is 25.5. The van der Waals surface area contributed by atoms with Crippen molar-refractivity contribution in [3.63, 3.8) is 0 Å². The molecule has 4 rings (SSSR count). The van der Waals surface area contributed by atoms with Gasteiger partial charge in [0.25, 0.3) is 0 Å². The van der Waals surface area contributed by atoms with E-state index in [4.69, 9.17) is 14.2 Å². The lowest BCUT2D eigenvalue weighted by atomic mass is 9.65. The Morgan fingerprint density at radius 2 is 1.82 bits per heavy atom. The van der Waals surface area contributed by atoms with Crippen LogP contribution in [0, 0.1) is 29.6 Å². The van der Waals surface area contributed by atoms with Crippen LogP contribution < -0.4 is 9.47 Å². The molecule has 1 aromatic carbocycles. The van der Waals surface area contributed by atoms with Crippen LogP contribution in [0.4, 0.5) is 0 Å². The van der Waals surface area contributed by atoms with Gasteiger partial charge in [0.05, 0.1) is 26.2 Å². The predicted octanol–water partition coefficient (Wildman–Crippen LogP) is 6.56. The van der Waals surface area contributed by atoms with Gasteiger partial charge in [-0.05, 0) is 86.0 Å². The van der Waals surface area contributed by atoms with Crippen molar-refractivity contribution < 1.29 is 24.1 Å². The normalized spacial score (nSPS) is 30.5. The Kier molecular flexibility index (Phi) is 10.8. The zero-order chi connectivity index (χ0) is 28.8. The summed E-state index contributed by atoms with van der Waals surface area (Å²) >= 11 is 0. The number of ether oxygens (including phenoxy) is 3. The van der Waals surface area contributed by atoms with E-state index in [-0.39, 0.29) is 30.0 Å². The van der Waals surface area contributed by atoms with Gasteiger partial charge in [0.2, 0.25) is 0 Å². The fourth-order valence-corrected chi connectivity index (χ4v) is 7.27. The Morgan fingerprint density at radius 1 is 1.07 bits per heavy atom. The monoisotopic (exact) mass is 553 g/mol. The lowest BCUT2D eigenvalue weighted by molar-refractivity contribution is -0.159. The molecule has 0 bridgehead atoms. The van der Waals surface area contributed by atoms with Crippen molar-refractivity contribution in [1.29, 1.82) is 0 Å². The molecule has 40 heavy (non-hydrogen) atoms. The molecule has 6 heteroatoms. The van der Waals surface area contributed by atoms with Crippen LogP contribution in [0.5, 0.6) is 11.5 Å². The summed E-state index contributed by atoms with van der Waals surface area (Å²) < 4.78 is 17.3. The Labute approximate surface area is 241 Å². The standard InChI is InChI=1S/C34H51NO5/c1-7-25(8-2)34(37)40-32-18-22(3)17-26-11-9-23(4)29(33(26)32)13-12-27-20-28(36)15-16-35(27)21-24-10-14-30(38-5)31(19-24)39-6/h9-11,14,17,19,22-23,25,27-29,32-33,36H,7-8,12-13,15-16,18,20-21H2,1-6H3/t22-,23-,27+,28-,29-,32-,33?/m0/s1.